The number of nitrogens with zero attached hydrogens (tertiary/aromatic N) is 2. The molecule has 0 aliphatic heterocycles. The predicted octanol–water partition coefficient (Wildman–Crippen LogP) is 3.15. The van der Waals surface area contributed by atoms with Crippen LogP contribution in [0.5, 0.6) is 5.75 Å². The predicted molar refractivity (Wildman–Crippen MR) is 86.2 cm³/mol. The number of hydrogen-bond acceptors (Lipinski definition) is 4. The molecule has 3 rings (SSSR count). The average molecular weight is 331 g/mol. The Bertz CT molecular complexity index is 769. The Hall–Kier alpha value is -2.67. The van der Waals surface area contributed by atoms with Crippen LogP contribution in [0.25, 0.3) is 0 Å². The number of carbonyl (C=O) groups is 1. The number of carbonyl (C=O) groups excluding carboxylic acids is 1. The number of thiophene rings is 1. The molecule has 0 saturated heterocycles. The van der Waals surface area contributed by atoms with Crippen LogP contribution in [-0.2, 0) is 11.3 Å². The van der Waals surface area contributed by atoms with Crippen molar-refractivity contribution in [3.05, 3.63) is 64.7 Å². The molecule has 1 amide bonds. The molecule has 7 heteroatoms. The molecule has 1 aromatic carbocycles. The number of amides is 1. The van der Waals surface area contributed by atoms with Crippen LogP contribution in [0.3, 0.4) is 0 Å². The quantitative estimate of drug-likeness (QED) is 0.755. The van der Waals surface area contributed by atoms with Gasteiger partial charge in [-0.1, -0.05) is 6.07 Å². The highest BCUT2D eigenvalue weighted by Gasteiger charge is 2.09. The molecule has 0 saturated carbocycles. The van der Waals surface area contributed by atoms with Gasteiger partial charge in [0.2, 0.25) is 0 Å². The second-order valence-electron chi connectivity index (χ2n) is 4.74. The molecule has 0 aliphatic rings. The SMILES string of the molecule is O=C(COc1ccc(F)cc1)Nc1ccnn1Cc1cccs1. The van der Waals surface area contributed by atoms with Crippen molar-refractivity contribution in [3.8, 4) is 5.75 Å². The summed E-state index contributed by atoms with van der Waals surface area (Å²) >= 11 is 1.63. The molecule has 0 unspecified atom stereocenters. The molecule has 0 bridgehead atoms. The summed E-state index contributed by atoms with van der Waals surface area (Å²) in [5, 5.41) is 8.94. The summed E-state index contributed by atoms with van der Waals surface area (Å²) in [5.41, 5.74) is 0. The topological polar surface area (TPSA) is 56.1 Å². The molecule has 0 aliphatic carbocycles. The maximum absolute atomic E-state index is 12.8. The van der Waals surface area contributed by atoms with E-state index in [1.165, 1.54) is 24.3 Å². The minimum Gasteiger partial charge on any atom is -0.484 e. The standard InChI is InChI=1S/C16H14FN3O2S/c17-12-3-5-13(6-4-12)22-11-16(21)19-15-7-8-18-20(15)10-14-2-1-9-23-14/h1-9H,10-11H2,(H,19,21). The summed E-state index contributed by atoms with van der Waals surface area (Å²) in [6.45, 7) is 0.439. The van der Waals surface area contributed by atoms with E-state index >= 15 is 0 Å². The maximum atomic E-state index is 12.8. The van der Waals surface area contributed by atoms with Crippen LogP contribution in [-0.4, -0.2) is 22.3 Å². The smallest absolute Gasteiger partial charge is 0.263 e. The highest BCUT2D eigenvalue weighted by Crippen LogP contribution is 2.15. The Morgan fingerprint density at radius 3 is 2.83 bits per heavy atom. The van der Waals surface area contributed by atoms with E-state index in [-0.39, 0.29) is 18.3 Å². The molecule has 0 spiro atoms. The first-order valence-corrected chi connectivity index (χ1v) is 7.81. The fraction of sp³-hybridized carbons (Fsp3) is 0.125. The van der Waals surface area contributed by atoms with Crippen molar-refractivity contribution in [1.29, 1.82) is 0 Å². The van der Waals surface area contributed by atoms with Gasteiger partial charge < -0.3 is 10.1 Å². The van der Waals surface area contributed by atoms with Gasteiger partial charge in [0, 0.05) is 10.9 Å². The van der Waals surface area contributed by atoms with E-state index in [4.69, 9.17) is 4.74 Å². The van der Waals surface area contributed by atoms with E-state index in [1.807, 2.05) is 17.5 Å². The molecule has 23 heavy (non-hydrogen) atoms. The Balaban J connectivity index is 1.56. The lowest BCUT2D eigenvalue weighted by molar-refractivity contribution is -0.118. The molecule has 0 atom stereocenters. The van der Waals surface area contributed by atoms with Crippen molar-refractivity contribution in [1.82, 2.24) is 9.78 Å². The van der Waals surface area contributed by atoms with Crippen LogP contribution >= 0.6 is 11.3 Å². The highest BCUT2D eigenvalue weighted by molar-refractivity contribution is 7.09. The second kappa shape index (κ2) is 7.06. The summed E-state index contributed by atoms with van der Waals surface area (Å²) in [5.74, 6) is 0.390. The van der Waals surface area contributed by atoms with Crippen LogP contribution in [0, 0.1) is 5.82 Å². The van der Waals surface area contributed by atoms with Gasteiger partial charge in [-0.15, -0.1) is 11.3 Å². The molecular formula is C16H14FN3O2S. The first-order chi connectivity index (χ1) is 11.2. The third kappa shape index (κ3) is 4.17. The number of aromatic nitrogens is 2. The normalized spacial score (nSPS) is 10.5. The van der Waals surface area contributed by atoms with Crippen molar-refractivity contribution in [2.24, 2.45) is 0 Å². The van der Waals surface area contributed by atoms with Crippen LogP contribution in [0.1, 0.15) is 4.88 Å². The van der Waals surface area contributed by atoms with E-state index in [1.54, 1.807) is 28.3 Å². The van der Waals surface area contributed by atoms with E-state index < -0.39 is 0 Å². The van der Waals surface area contributed by atoms with Crippen LogP contribution in [0.15, 0.2) is 54.0 Å². The maximum Gasteiger partial charge on any atom is 0.263 e. The number of halogens is 1. The van der Waals surface area contributed by atoms with Crippen molar-refractivity contribution in [3.63, 3.8) is 0 Å². The zero-order valence-corrected chi connectivity index (χ0v) is 12.9. The van der Waals surface area contributed by atoms with Gasteiger partial charge in [0.15, 0.2) is 6.61 Å². The zero-order valence-electron chi connectivity index (χ0n) is 12.1. The molecule has 0 fully saturated rings. The molecular weight excluding hydrogens is 317 g/mol. The molecule has 2 aromatic heterocycles. The minimum absolute atomic E-state index is 0.157. The Morgan fingerprint density at radius 2 is 2.09 bits per heavy atom. The monoisotopic (exact) mass is 331 g/mol. The van der Waals surface area contributed by atoms with E-state index in [9.17, 15) is 9.18 Å². The number of anilines is 1. The molecule has 5 nitrogen and oxygen atoms in total. The number of hydrogen-bond donors (Lipinski definition) is 1. The van der Waals surface area contributed by atoms with Crippen molar-refractivity contribution in [2.45, 2.75) is 6.54 Å². The average Bonchev–Trinajstić information content (AvgIpc) is 3.20. The Kier molecular flexibility index (Phi) is 4.68. The van der Waals surface area contributed by atoms with Crippen molar-refractivity contribution in [2.75, 3.05) is 11.9 Å². The number of rotatable bonds is 6. The van der Waals surface area contributed by atoms with E-state index in [0.717, 1.165) is 4.88 Å². The van der Waals surface area contributed by atoms with Crippen LogP contribution in [0.2, 0.25) is 0 Å². The van der Waals surface area contributed by atoms with Gasteiger partial charge >= 0.3 is 0 Å². The molecule has 1 N–H and O–H groups in total. The summed E-state index contributed by atoms with van der Waals surface area (Å²) in [6.07, 6.45) is 1.63. The largest absolute Gasteiger partial charge is 0.484 e. The third-order valence-corrected chi connectivity index (χ3v) is 3.91. The number of ether oxygens (including phenoxy) is 1. The first kappa shape index (κ1) is 15.2. The van der Waals surface area contributed by atoms with E-state index in [2.05, 4.69) is 10.4 Å². The van der Waals surface area contributed by atoms with Gasteiger partial charge in [-0.2, -0.15) is 5.10 Å². The van der Waals surface area contributed by atoms with Gasteiger partial charge in [0.05, 0.1) is 12.7 Å². The number of benzene rings is 1. The summed E-state index contributed by atoms with van der Waals surface area (Å²) in [4.78, 5) is 13.1. The molecule has 0 radical (unpaired) electrons. The lowest BCUT2D eigenvalue weighted by atomic mass is 10.3. The van der Waals surface area contributed by atoms with Gasteiger partial charge in [-0.25, -0.2) is 9.07 Å². The van der Waals surface area contributed by atoms with Crippen molar-refractivity contribution >= 4 is 23.1 Å². The fourth-order valence-corrected chi connectivity index (χ4v) is 2.66. The summed E-state index contributed by atoms with van der Waals surface area (Å²) in [6, 6.07) is 11.2. The first-order valence-electron chi connectivity index (χ1n) is 6.93. The van der Waals surface area contributed by atoms with Crippen LogP contribution < -0.4 is 10.1 Å². The van der Waals surface area contributed by atoms with Gasteiger partial charge in [-0.05, 0) is 35.7 Å². The Morgan fingerprint density at radius 1 is 1.26 bits per heavy atom. The summed E-state index contributed by atoms with van der Waals surface area (Å²) in [7, 11) is 0. The van der Waals surface area contributed by atoms with Gasteiger partial charge in [0.1, 0.15) is 17.4 Å². The zero-order chi connectivity index (χ0) is 16.1. The highest BCUT2D eigenvalue weighted by atomic mass is 32.1. The molecule has 3 aromatic rings. The van der Waals surface area contributed by atoms with Gasteiger partial charge in [-0.3, -0.25) is 4.79 Å². The van der Waals surface area contributed by atoms with Crippen LogP contribution in [0.4, 0.5) is 10.2 Å². The van der Waals surface area contributed by atoms with Crippen molar-refractivity contribution < 1.29 is 13.9 Å². The van der Waals surface area contributed by atoms with E-state index in [0.29, 0.717) is 18.1 Å². The third-order valence-electron chi connectivity index (χ3n) is 3.05. The molecule has 118 valence electrons. The summed E-state index contributed by atoms with van der Waals surface area (Å²) < 4.78 is 19.8. The minimum atomic E-state index is -0.348. The fourth-order valence-electron chi connectivity index (χ4n) is 1.97. The number of nitrogens with one attached hydrogen (secondary N) is 1. The lowest BCUT2D eigenvalue weighted by Crippen LogP contribution is -2.22. The Labute approximate surface area is 136 Å². The van der Waals surface area contributed by atoms with Gasteiger partial charge in [0.25, 0.3) is 5.91 Å². The lowest BCUT2D eigenvalue weighted by Gasteiger charge is -2.09. The second-order valence-corrected chi connectivity index (χ2v) is 5.78. The molecule has 2 heterocycles.